The van der Waals surface area contributed by atoms with E-state index in [-0.39, 0.29) is 0 Å². The summed E-state index contributed by atoms with van der Waals surface area (Å²) in [6.07, 6.45) is 29.6. The quantitative estimate of drug-likeness (QED) is 0.298. The summed E-state index contributed by atoms with van der Waals surface area (Å²) in [6, 6.07) is 0. The van der Waals surface area contributed by atoms with Crippen LogP contribution in [0.25, 0.3) is 0 Å². The second kappa shape index (κ2) is 11.3. The van der Waals surface area contributed by atoms with Gasteiger partial charge >= 0.3 is 0 Å². The van der Waals surface area contributed by atoms with Crippen LogP contribution < -0.4 is 0 Å². The van der Waals surface area contributed by atoms with Crippen LogP contribution in [0.15, 0.2) is 0 Å². The van der Waals surface area contributed by atoms with Crippen molar-refractivity contribution in [3.63, 3.8) is 0 Å². The Morgan fingerprint density at radius 1 is 0.560 bits per heavy atom. The molecule has 0 radical (unpaired) electrons. The van der Waals surface area contributed by atoms with E-state index >= 15 is 0 Å². The molecular weight excluding hydrogens is 319 g/mol. The zero-order chi connectivity index (χ0) is 17.3. The minimum atomic E-state index is 0.347. The molecule has 3 aliphatic rings. The van der Waals surface area contributed by atoms with Crippen molar-refractivity contribution >= 4 is 7.92 Å². The molecule has 0 atom stereocenters. The van der Waals surface area contributed by atoms with E-state index in [9.17, 15) is 0 Å². The van der Waals surface area contributed by atoms with Crippen molar-refractivity contribution in [3.8, 4) is 0 Å². The molecule has 146 valence electrons. The second-order valence-corrected chi connectivity index (χ2v) is 12.6. The summed E-state index contributed by atoms with van der Waals surface area (Å²) in [4.78, 5) is 0. The van der Waals surface area contributed by atoms with Gasteiger partial charge in [0, 0.05) is 0 Å². The van der Waals surface area contributed by atoms with E-state index in [2.05, 4.69) is 6.92 Å². The Morgan fingerprint density at radius 2 is 1.08 bits per heavy atom. The third kappa shape index (κ3) is 6.23. The molecule has 0 bridgehead atoms. The monoisotopic (exact) mass is 364 g/mol. The van der Waals surface area contributed by atoms with Gasteiger partial charge in [0.05, 0.1) is 0 Å². The zero-order valence-electron chi connectivity index (χ0n) is 17.2. The van der Waals surface area contributed by atoms with Crippen LogP contribution >= 0.6 is 7.92 Å². The molecule has 0 nitrogen and oxygen atoms in total. The number of unbranched alkanes of at least 4 members (excludes halogenated alkanes) is 3. The molecule has 0 unspecified atom stereocenters. The van der Waals surface area contributed by atoms with Crippen LogP contribution in [0.4, 0.5) is 0 Å². The smallest absolute Gasteiger partial charge is 0.0204 e. The highest BCUT2D eigenvalue weighted by Crippen LogP contribution is 2.62. The van der Waals surface area contributed by atoms with Crippen LogP contribution in [0.3, 0.4) is 0 Å². The van der Waals surface area contributed by atoms with Gasteiger partial charge in [0.15, 0.2) is 0 Å². The largest absolute Gasteiger partial charge is 0.0971 e. The zero-order valence-corrected chi connectivity index (χ0v) is 18.1. The van der Waals surface area contributed by atoms with Gasteiger partial charge in [-0.25, -0.2) is 0 Å². The molecule has 3 aliphatic carbocycles. The van der Waals surface area contributed by atoms with Gasteiger partial charge in [-0.05, 0) is 74.3 Å². The van der Waals surface area contributed by atoms with Gasteiger partial charge < -0.3 is 0 Å². The van der Waals surface area contributed by atoms with Crippen molar-refractivity contribution in [1.82, 2.24) is 0 Å². The fourth-order valence-electron chi connectivity index (χ4n) is 6.24. The maximum atomic E-state index is 2.34. The fourth-order valence-corrected chi connectivity index (χ4v) is 10.9. The summed E-state index contributed by atoms with van der Waals surface area (Å²) in [5.74, 6) is 1.10. The average molecular weight is 365 g/mol. The van der Waals surface area contributed by atoms with Crippen molar-refractivity contribution in [2.75, 3.05) is 0 Å². The molecule has 0 aromatic heterocycles. The highest BCUT2D eigenvalue weighted by molar-refractivity contribution is 7.60. The second-order valence-electron chi connectivity index (χ2n) is 9.55. The molecule has 0 saturated heterocycles. The number of hydrogen-bond donors (Lipinski definition) is 0. The Labute approximate surface area is 160 Å². The summed E-state index contributed by atoms with van der Waals surface area (Å²) in [5, 5.41) is 0. The van der Waals surface area contributed by atoms with Gasteiger partial charge in [0.1, 0.15) is 0 Å². The summed E-state index contributed by atoms with van der Waals surface area (Å²) in [6.45, 7) is 2.34. The lowest BCUT2D eigenvalue weighted by Crippen LogP contribution is -2.29. The predicted octanol–water partition coefficient (Wildman–Crippen LogP) is 8.66. The Morgan fingerprint density at radius 3 is 1.60 bits per heavy atom. The molecule has 3 fully saturated rings. The molecule has 0 aromatic rings. The highest BCUT2D eigenvalue weighted by Gasteiger charge is 2.37. The third-order valence-corrected chi connectivity index (χ3v) is 11.8. The first-order valence-corrected chi connectivity index (χ1v) is 13.7. The maximum Gasteiger partial charge on any atom is -0.0204 e. The lowest BCUT2D eigenvalue weighted by atomic mass is 9.85. The van der Waals surface area contributed by atoms with Gasteiger partial charge in [-0.1, -0.05) is 85.5 Å². The molecule has 3 rings (SSSR count). The average Bonchev–Trinajstić information content (AvgIpc) is 2.68. The van der Waals surface area contributed by atoms with E-state index in [0.717, 1.165) is 5.92 Å². The van der Waals surface area contributed by atoms with E-state index in [1.54, 1.807) is 83.5 Å². The van der Waals surface area contributed by atoms with Crippen molar-refractivity contribution in [1.29, 1.82) is 0 Å². The van der Waals surface area contributed by atoms with Crippen molar-refractivity contribution in [2.45, 2.75) is 146 Å². The maximum absolute atomic E-state index is 2.34. The van der Waals surface area contributed by atoms with Gasteiger partial charge in [-0.15, -0.1) is 0 Å². The Bertz CT molecular complexity index is 314. The van der Waals surface area contributed by atoms with Crippen LogP contribution in [0.2, 0.25) is 0 Å². The van der Waals surface area contributed by atoms with Crippen LogP contribution in [0.5, 0.6) is 0 Å². The van der Waals surface area contributed by atoms with E-state index in [4.69, 9.17) is 0 Å². The normalized spacial score (nSPS) is 30.0. The van der Waals surface area contributed by atoms with Crippen molar-refractivity contribution in [3.05, 3.63) is 0 Å². The Balaban J connectivity index is 1.50. The highest BCUT2D eigenvalue weighted by atomic mass is 31.1. The van der Waals surface area contributed by atoms with Gasteiger partial charge in [0.25, 0.3) is 0 Å². The molecule has 0 heterocycles. The predicted molar refractivity (Wildman–Crippen MR) is 115 cm³/mol. The number of hydrogen-bond acceptors (Lipinski definition) is 0. The molecule has 25 heavy (non-hydrogen) atoms. The Hall–Kier alpha value is 0.430. The SMILES string of the molecule is CCCCCCC1CCC(P(C2CCCCC2)C2CCCCC2)CC1. The summed E-state index contributed by atoms with van der Waals surface area (Å²) in [5.41, 5.74) is 3.53. The van der Waals surface area contributed by atoms with E-state index in [0.29, 0.717) is 7.92 Å². The van der Waals surface area contributed by atoms with Crippen LogP contribution in [-0.2, 0) is 0 Å². The molecule has 0 aliphatic heterocycles. The van der Waals surface area contributed by atoms with E-state index in [1.165, 1.54) is 55.5 Å². The molecule has 0 amide bonds. The molecule has 0 spiro atoms. The molecular formula is C24H45P. The molecule has 0 aromatic carbocycles. The topological polar surface area (TPSA) is 0 Å². The fraction of sp³-hybridized carbons (Fsp3) is 1.00. The minimum Gasteiger partial charge on any atom is -0.0971 e. The van der Waals surface area contributed by atoms with E-state index in [1.807, 2.05) is 0 Å². The first-order valence-electron chi connectivity index (χ1n) is 12.2. The molecule has 1 heteroatoms. The summed E-state index contributed by atoms with van der Waals surface area (Å²) < 4.78 is 0. The minimum absolute atomic E-state index is 0.347. The van der Waals surface area contributed by atoms with Crippen molar-refractivity contribution < 1.29 is 0 Å². The van der Waals surface area contributed by atoms with Gasteiger partial charge in [-0.3, -0.25) is 0 Å². The third-order valence-electron chi connectivity index (χ3n) is 7.70. The first kappa shape index (κ1) is 20.2. The van der Waals surface area contributed by atoms with Crippen LogP contribution in [-0.4, -0.2) is 17.0 Å². The number of rotatable bonds is 8. The van der Waals surface area contributed by atoms with E-state index < -0.39 is 0 Å². The van der Waals surface area contributed by atoms with Crippen LogP contribution in [0, 0.1) is 5.92 Å². The molecule has 3 saturated carbocycles. The van der Waals surface area contributed by atoms with Crippen molar-refractivity contribution in [2.24, 2.45) is 5.92 Å². The van der Waals surface area contributed by atoms with Gasteiger partial charge in [0.2, 0.25) is 0 Å². The summed E-state index contributed by atoms with van der Waals surface area (Å²) >= 11 is 0. The molecule has 0 N–H and O–H groups in total. The van der Waals surface area contributed by atoms with Crippen LogP contribution in [0.1, 0.15) is 129 Å². The summed E-state index contributed by atoms with van der Waals surface area (Å²) in [7, 11) is 0.347. The van der Waals surface area contributed by atoms with Gasteiger partial charge in [-0.2, -0.15) is 0 Å². The lowest BCUT2D eigenvalue weighted by molar-refractivity contribution is 0.329. The first-order chi connectivity index (χ1) is 12.4. The standard InChI is InChI=1S/C24H45P/c1-2-3-4-7-12-21-17-19-24(20-18-21)25(22-13-8-5-9-14-22)23-15-10-6-11-16-23/h21-24H,2-20H2,1H3. The Kier molecular flexibility index (Phi) is 9.13. The lowest BCUT2D eigenvalue weighted by Gasteiger charge is -2.45.